The van der Waals surface area contributed by atoms with Gasteiger partial charge in [-0.05, 0) is 60.0 Å². The number of ether oxygens (including phenoxy) is 5. The van der Waals surface area contributed by atoms with E-state index in [4.69, 9.17) is 23.7 Å². The fourth-order valence-corrected chi connectivity index (χ4v) is 3.90. The lowest BCUT2D eigenvalue weighted by Crippen LogP contribution is -1.98. The molecule has 0 unspecified atom stereocenters. The van der Waals surface area contributed by atoms with Crippen LogP contribution in [0.3, 0.4) is 0 Å². The molecular formula is C27H31F2NO5S. The lowest BCUT2D eigenvalue weighted by molar-refractivity contribution is 0.324. The molecule has 3 aromatic carbocycles. The zero-order valence-corrected chi connectivity index (χ0v) is 22.2. The van der Waals surface area contributed by atoms with E-state index >= 15 is 4.39 Å². The first-order chi connectivity index (χ1) is 17.4. The van der Waals surface area contributed by atoms with Crippen molar-refractivity contribution in [3.8, 4) is 28.7 Å². The summed E-state index contributed by atoms with van der Waals surface area (Å²) in [6.45, 7) is 4.00. The molecule has 194 valence electrons. The second-order valence-electron chi connectivity index (χ2n) is 6.84. The molecule has 0 spiro atoms. The van der Waals surface area contributed by atoms with E-state index < -0.39 is 11.6 Å². The number of rotatable bonds is 10. The molecule has 0 aliphatic carbocycles. The zero-order valence-electron chi connectivity index (χ0n) is 21.4. The lowest BCUT2D eigenvalue weighted by atomic mass is 10.1. The van der Waals surface area contributed by atoms with Gasteiger partial charge in [0, 0.05) is 10.5 Å². The van der Waals surface area contributed by atoms with Crippen LogP contribution in [-0.2, 0) is 0 Å². The third-order valence-corrected chi connectivity index (χ3v) is 5.69. The Morgan fingerprint density at radius 2 is 1.28 bits per heavy atom. The molecule has 0 bridgehead atoms. The molecule has 0 aliphatic heterocycles. The number of halogens is 2. The molecule has 9 heteroatoms. The maximum atomic E-state index is 15.1. The molecule has 0 radical (unpaired) electrons. The molecule has 0 heterocycles. The van der Waals surface area contributed by atoms with E-state index in [1.165, 1.54) is 53.7 Å². The van der Waals surface area contributed by atoms with Crippen molar-refractivity contribution in [2.45, 2.75) is 18.7 Å². The largest absolute Gasteiger partial charge is 0.494 e. The van der Waals surface area contributed by atoms with E-state index in [0.29, 0.717) is 27.7 Å². The minimum absolute atomic E-state index is 0.0777. The van der Waals surface area contributed by atoms with Crippen molar-refractivity contribution in [2.24, 2.45) is 0 Å². The van der Waals surface area contributed by atoms with Crippen molar-refractivity contribution < 1.29 is 32.5 Å². The summed E-state index contributed by atoms with van der Waals surface area (Å²) in [6, 6.07) is 11.3. The normalized spacial score (nSPS) is 10.4. The van der Waals surface area contributed by atoms with Crippen LogP contribution in [0, 0.1) is 11.6 Å². The minimum atomic E-state index is -0.573. The Morgan fingerprint density at radius 1 is 0.694 bits per heavy atom. The summed E-state index contributed by atoms with van der Waals surface area (Å²) < 4.78 is 58.3. The molecule has 0 aliphatic rings. The van der Waals surface area contributed by atoms with E-state index in [0.717, 1.165) is 17.5 Å². The van der Waals surface area contributed by atoms with Crippen LogP contribution >= 0.6 is 11.9 Å². The number of hydrogen-bond donors (Lipinski definition) is 1. The van der Waals surface area contributed by atoms with Gasteiger partial charge >= 0.3 is 0 Å². The third kappa shape index (κ3) is 6.75. The maximum Gasteiger partial charge on any atom is 0.203 e. The summed E-state index contributed by atoms with van der Waals surface area (Å²) in [5, 5.41) is 0. The number of methoxy groups -OCH3 is 5. The predicted molar refractivity (Wildman–Crippen MR) is 142 cm³/mol. The molecule has 0 saturated heterocycles. The smallest absolute Gasteiger partial charge is 0.203 e. The van der Waals surface area contributed by atoms with Gasteiger partial charge in [-0.1, -0.05) is 26.0 Å². The van der Waals surface area contributed by atoms with Crippen LogP contribution in [0.25, 0.3) is 12.2 Å². The van der Waals surface area contributed by atoms with Crippen LogP contribution in [0.2, 0.25) is 0 Å². The summed E-state index contributed by atoms with van der Waals surface area (Å²) in [4.78, 5) is 0.542. The van der Waals surface area contributed by atoms with Gasteiger partial charge in [-0.3, -0.25) is 0 Å². The summed E-state index contributed by atoms with van der Waals surface area (Å²) in [5.41, 5.74) is 1.49. The monoisotopic (exact) mass is 519 g/mol. The van der Waals surface area contributed by atoms with Crippen molar-refractivity contribution >= 4 is 29.8 Å². The second kappa shape index (κ2) is 14.1. The Labute approximate surface area is 215 Å². The first-order valence-corrected chi connectivity index (χ1v) is 11.9. The average Bonchev–Trinajstić information content (AvgIpc) is 2.91. The zero-order chi connectivity index (χ0) is 26.7. The van der Waals surface area contributed by atoms with Gasteiger partial charge < -0.3 is 28.4 Å². The van der Waals surface area contributed by atoms with Crippen molar-refractivity contribution in [1.82, 2.24) is 0 Å². The van der Waals surface area contributed by atoms with Crippen molar-refractivity contribution in [2.75, 3.05) is 40.3 Å². The molecule has 3 aromatic rings. The molecule has 0 aromatic heterocycles. The molecule has 0 saturated carbocycles. The van der Waals surface area contributed by atoms with E-state index in [-0.39, 0.29) is 17.2 Å². The van der Waals surface area contributed by atoms with Gasteiger partial charge in [-0.2, -0.15) is 0 Å². The number of anilines is 1. The first-order valence-electron chi connectivity index (χ1n) is 11.1. The topological polar surface area (TPSA) is 58.2 Å². The van der Waals surface area contributed by atoms with E-state index in [9.17, 15) is 4.39 Å². The Bertz CT molecular complexity index is 1160. The Morgan fingerprint density at radius 3 is 1.81 bits per heavy atom. The highest BCUT2D eigenvalue weighted by Crippen LogP contribution is 2.39. The molecule has 0 atom stereocenters. The molecule has 0 amide bonds. The molecule has 6 nitrogen and oxygen atoms in total. The molecule has 36 heavy (non-hydrogen) atoms. The second-order valence-corrected chi connectivity index (χ2v) is 7.72. The maximum absolute atomic E-state index is 15.1. The summed E-state index contributed by atoms with van der Waals surface area (Å²) >= 11 is 1.06. The van der Waals surface area contributed by atoms with Gasteiger partial charge in [0.05, 0.1) is 41.2 Å². The van der Waals surface area contributed by atoms with Crippen LogP contribution in [0.15, 0.2) is 47.4 Å². The van der Waals surface area contributed by atoms with Gasteiger partial charge in [0.25, 0.3) is 0 Å². The van der Waals surface area contributed by atoms with Crippen molar-refractivity contribution in [1.29, 1.82) is 0 Å². The van der Waals surface area contributed by atoms with Gasteiger partial charge in [0.2, 0.25) is 5.75 Å². The molecular weight excluding hydrogens is 488 g/mol. The summed E-state index contributed by atoms with van der Waals surface area (Å²) in [7, 11) is 7.37. The number of hydrogen-bond acceptors (Lipinski definition) is 7. The molecule has 3 rings (SSSR count). The number of benzene rings is 3. The Balaban J connectivity index is 0.00000222. The van der Waals surface area contributed by atoms with E-state index in [2.05, 4.69) is 4.72 Å². The summed E-state index contributed by atoms with van der Waals surface area (Å²) in [6.07, 6.45) is 3.52. The Hall–Kier alpha value is -3.59. The van der Waals surface area contributed by atoms with Gasteiger partial charge in [0.15, 0.2) is 34.6 Å². The van der Waals surface area contributed by atoms with Crippen LogP contribution < -0.4 is 28.4 Å². The van der Waals surface area contributed by atoms with E-state index in [1.54, 1.807) is 36.4 Å². The number of nitrogens with one attached hydrogen (secondary N) is 1. The van der Waals surface area contributed by atoms with Crippen LogP contribution in [0.4, 0.5) is 14.5 Å². The molecule has 1 N–H and O–H groups in total. The minimum Gasteiger partial charge on any atom is -0.494 e. The fraction of sp³-hybridized carbons (Fsp3) is 0.259. The van der Waals surface area contributed by atoms with Crippen LogP contribution in [0.5, 0.6) is 28.7 Å². The van der Waals surface area contributed by atoms with E-state index in [1.807, 2.05) is 13.8 Å². The highest BCUT2D eigenvalue weighted by molar-refractivity contribution is 8.00. The van der Waals surface area contributed by atoms with Crippen molar-refractivity contribution in [3.63, 3.8) is 0 Å². The summed E-state index contributed by atoms with van der Waals surface area (Å²) in [5.74, 6) is 0.595. The highest BCUT2D eigenvalue weighted by Gasteiger charge is 2.15. The van der Waals surface area contributed by atoms with Gasteiger partial charge in [0.1, 0.15) is 0 Å². The molecule has 0 fully saturated rings. The van der Waals surface area contributed by atoms with Crippen LogP contribution in [0.1, 0.15) is 25.0 Å². The quantitative estimate of drug-likeness (QED) is 0.222. The lowest BCUT2D eigenvalue weighted by Gasteiger charge is -2.14. The van der Waals surface area contributed by atoms with Crippen LogP contribution in [-0.4, -0.2) is 35.5 Å². The standard InChI is InChI=1S/C25H25F2NO5S.C2H6/c1-29-19-11-9-17(14-18(19)26)34-28-24-16(8-10-20(30-2)23(24)27)7-6-15-12-21(31-3)25(33-5)22(13-15)32-4;1-2/h6-14,28H,1-5H3;1-2H3/b7-6-;. The Kier molecular flexibility index (Phi) is 11.2. The fourth-order valence-electron chi connectivity index (χ4n) is 3.18. The SMILES string of the molecule is CC.COc1ccc(SNc2c(/C=C\c3cc(OC)c(OC)c(OC)c3)ccc(OC)c2F)cc1F. The third-order valence-electron chi connectivity index (χ3n) is 4.90. The van der Waals surface area contributed by atoms with Gasteiger partial charge in [-0.25, -0.2) is 8.78 Å². The van der Waals surface area contributed by atoms with Crippen molar-refractivity contribution in [3.05, 3.63) is 65.2 Å². The first kappa shape index (κ1) is 28.6. The van der Waals surface area contributed by atoms with Gasteiger partial charge in [-0.15, -0.1) is 0 Å². The predicted octanol–water partition coefficient (Wildman–Crippen LogP) is 7.32. The highest BCUT2D eigenvalue weighted by atomic mass is 32.2. The average molecular weight is 520 g/mol.